The number of hydrogen-bond donors (Lipinski definition) is 1. The van der Waals surface area contributed by atoms with E-state index in [1.165, 1.54) is 15.7 Å². The van der Waals surface area contributed by atoms with Crippen molar-refractivity contribution in [3.05, 3.63) is 42.5 Å². The molecule has 2 rings (SSSR count). The molecule has 1 atom stereocenters. The van der Waals surface area contributed by atoms with Crippen LogP contribution >= 0.6 is 11.8 Å². The number of aliphatic hydroxyl groups excluding tert-OH is 1. The van der Waals surface area contributed by atoms with Crippen molar-refractivity contribution >= 4 is 22.5 Å². The van der Waals surface area contributed by atoms with Crippen LogP contribution in [0.1, 0.15) is 6.92 Å². The van der Waals surface area contributed by atoms with Gasteiger partial charge in [0.15, 0.2) is 0 Å². The van der Waals surface area contributed by atoms with Crippen molar-refractivity contribution in [2.75, 3.05) is 5.75 Å². The number of thioether (sulfide) groups is 1. The van der Waals surface area contributed by atoms with E-state index in [0.717, 1.165) is 5.75 Å². The van der Waals surface area contributed by atoms with Gasteiger partial charge < -0.3 is 5.11 Å². The molecule has 0 heterocycles. The molecule has 0 fully saturated rings. The van der Waals surface area contributed by atoms with Gasteiger partial charge in [-0.25, -0.2) is 0 Å². The van der Waals surface area contributed by atoms with Gasteiger partial charge >= 0.3 is 0 Å². The van der Waals surface area contributed by atoms with Crippen LogP contribution in [0, 0.1) is 0 Å². The van der Waals surface area contributed by atoms with Crippen molar-refractivity contribution < 1.29 is 5.11 Å². The quantitative estimate of drug-likeness (QED) is 0.798. The Morgan fingerprint density at radius 2 is 1.87 bits per heavy atom. The minimum Gasteiger partial charge on any atom is -0.393 e. The third-order valence-electron chi connectivity index (χ3n) is 2.23. The molecule has 0 saturated heterocycles. The summed E-state index contributed by atoms with van der Waals surface area (Å²) < 4.78 is 0. The summed E-state index contributed by atoms with van der Waals surface area (Å²) in [5.41, 5.74) is 0. The van der Waals surface area contributed by atoms with E-state index in [2.05, 4.69) is 36.4 Å². The van der Waals surface area contributed by atoms with Gasteiger partial charge in [0, 0.05) is 10.6 Å². The monoisotopic (exact) mass is 218 g/mol. The van der Waals surface area contributed by atoms with E-state index in [9.17, 15) is 5.11 Å². The van der Waals surface area contributed by atoms with Crippen LogP contribution in [0.4, 0.5) is 0 Å². The molecule has 0 aliphatic heterocycles. The minimum absolute atomic E-state index is 0.256. The first-order chi connectivity index (χ1) is 7.27. The summed E-state index contributed by atoms with van der Waals surface area (Å²) in [6, 6.07) is 14.6. The first-order valence-corrected chi connectivity index (χ1v) is 6.04. The molecule has 0 aromatic heterocycles. The summed E-state index contributed by atoms with van der Waals surface area (Å²) in [7, 11) is 0. The maximum atomic E-state index is 9.26. The zero-order chi connectivity index (χ0) is 10.7. The number of hydrogen-bond acceptors (Lipinski definition) is 2. The van der Waals surface area contributed by atoms with E-state index in [0.29, 0.717) is 0 Å². The first kappa shape index (κ1) is 10.5. The highest BCUT2D eigenvalue weighted by Crippen LogP contribution is 2.27. The van der Waals surface area contributed by atoms with E-state index in [1.807, 2.05) is 13.0 Å². The largest absolute Gasteiger partial charge is 0.393 e. The lowest BCUT2D eigenvalue weighted by molar-refractivity contribution is 0.220. The van der Waals surface area contributed by atoms with Crippen LogP contribution in [0.15, 0.2) is 47.4 Å². The summed E-state index contributed by atoms with van der Waals surface area (Å²) in [5, 5.41) is 11.8. The highest BCUT2D eigenvalue weighted by Gasteiger charge is 2.02. The highest BCUT2D eigenvalue weighted by molar-refractivity contribution is 7.99. The fourth-order valence-electron chi connectivity index (χ4n) is 1.53. The Labute approximate surface area is 94.1 Å². The van der Waals surface area contributed by atoms with Crippen molar-refractivity contribution in [2.45, 2.75) is 17.9 Å². The fraction of sp³-hybridized carbons (Fsp3) is 0.231. The Hall–Kier alpha value is -0.990. The number of fused-ring (bicyclic) bond motifs is 1. The van der Waals surface area contributed by atoms with Crippen LogP contribution in [0.3, 0.4) is 0 Å². The molecule has 2 aromatic carbocycles. The average molecular weight is 218 g/mol. The molecular formula is C13H14OS. The molecule has 0 spiro atoms. The molecule has 0 amide bonds. The topological polar surface area (TPSA) is 20.2 Å². The lowest BCUT2D eigenvalue weighted by atomic mass is 10.1. The van der Waals surface area contributed by atoms with Gasteiger partial charge in [0.2, 0.25) is 0 Å². The molecule has 2 heteroatoms. The van der Waals surface area contributed by atoms with Gasteiger partial charge in [0.25, 0.3) is 0 Å². The van der Waals surface area contributed by atoms with Crippen LogP contribution in [-0.4, -0.2) is 17.0 Å². The second kappa shape index (κ2) is 4.69. The van der Waals surface area contributed by atoms with Crippen molar-refractivity contribution in [2.24, 2.45) is 0 Å². The summed E-state index contributed by atoms with van der Waals surface area (Å²) in [5.74, 6) is 0.744. The van der Waals surface area contributed by atoms with Crippen molar-refractivity contribution in [3.63, 3.8) is 0 Å². The third kappa shape index (κ3) is 2.52. The van der Waals surface area contributed by atoms with Gasteiger partial charge in [-0.05, 0) is 23.8 Å². The van der Waals surface area contributed by atoms with E-state index < -0.39 is 0 Å². The van der Waals surface area contributed by atoms with Gasteiger partial charge in [-0.15, -0.1) is 11.8 Å². The van der Waals surface area contributed by atoms with Gasteiger partial charge in [-0.3, -0.25) is 0 Å². The zero-order valence-electron chi connectivity index (χ0n) is 8.68. The molecule has 15 heavy (non-hydrogen) atoms. The summed E-state index contributed by atoms with van der Waals surface area (Å²) >= 11 is 1.71. The number of benzene rings is 2. The molecule has 1 N–H and O–H groups in total. The van der Waals surface area contributed by atoms with E-state index >= 15 is 0 Å². The van der Waals surface area contributed by atoms with Gasteiger partial charge in [-0.2, -0.15) is 0 Å². The highest BCUT2D eigenvalue weighted by atomic mass is 32.2. The third-order valence-corrected chi connectivity index (χ3v) is 3.55. The molecule has 0 aliphatic rings. The smallest absolute Gasteiger partial charge is 0.0606 e. The molecule has 2 aromatic rings. The van der Waals surface area contributed by atoms with Crippen LogP contribution in [0.2, 0.25) is 0 Å². The van der Waals surface area contributed by atoms with Gasteiger partial charge in [0.05, 0.1) is 6.10 Å². The SMILES string of the molecule is CC(O)CSc1cccc2ccccc12. The van der Waals surface area contributed by atoms with Crippen LogP contribution in [-0.2, 0) is 0 Å². The average Bonchev–Trinajstić information content (AvgIpc) is 2.26. The maximum Gasteiger partial charge on any atom is 0.0606 e. The predicted octanol–water partition coefficient (Wildman–Crippen LogP) is 3.31. The van der Waals surface area contributed by atoms with Crippen molar-refractivity contribution in [3.8, 4) is 0 Å². The molecule has 0 radical (unpaired) electrons. The van der Waals surface area contributed by atoms with E-state index in [4.69, 9.17) is 0 Å². The summed E-state index contributed by atoms with van der Waals surface area (Å²) in [4.78, 5) is 1.24. The lowest BCUT2D eigenvalue weighted by Gasteiger charge is -2.07. The van der Waals surface area contributed by atoms with E-state index in [1.54, 1.807) is 11.8 Å². The standard InChI is InChI=1S/C13H14OS/c1-10(14)9-15-13-8-4-6-11-5-2-3-7-12(11)13/h2-8,10,14H,9H2,1H3. The molecule has 1 unspecified atom stereocenters. The summed E-state index contributed by atoms with van der Waals surface area (Å²) in [6.45, 7) is 1.82. The molecule has 0 saturated carbocycles. The maximum absolute atomic E-state index is 9.26. The number of rotatable bonds is 3. The van der Waals surface area contributed by atoms with Gasteiger partial charge in [0.1, 0.15) is 0 Å². The van der Waals surface area contributed by atoms with Crippen molar-refractivity contribution in [1.82, 2.24) is 0 Å². The van der Waals surface area contributed by atoms with E-state index in [-0.39, 0.29) is 6.10 Å². The Kier molecular flexibility index (Phi) is 3.29. The normalized spacial score (nSPS) is 12.9. The van der Waals surface area contributed by atoms with Crippen LogP contribution in [0.5, 0.6) is 0 Å². The number of aliphatic hydroxyl groups is 1. The zero-order valence-corrected chi connectivity index (χ0v) is 9.50. The Morgan fingerprint density at radius 3 is 2.67 bits per heavy atom. The van der Waals surface area contributed by atoms with Crippen LogP contribution in [0.25, 0.3) is 10.8 Å². The van der Waals surface area contributed by atoms with Gasteiger partial charge in [-0.1, -0.05) is 36.4 Å². The Balaban J connectivity index is 2.34. The predicted molar refractivity (Wildman–Crippen MR) is 66.4 cm³/mol. The molecule has 0 bridgehead atoms. The second-order valence-corrected chi connectivity index (χ2v) is 4.70. The molecular weight excluding hydrogens is 204 g/mol. The van der Waals surface area contributed by atoms with Crippen LogP contribution < -0.4 is 0 Å². The first-order valence-electron chi connectivity index (χ1n) is 5.06. The van der Waals surface area contributed by atoms with Crippen molar-refractivity contribution in [1.29, 1.82) is 0 Å². The fourth-order valence-corrected chi connectivity index (χ4v) is 2.47. The molecule has 78 valence electrons. The Morgan fingerprint density at radius 1 is 1.13 bits per heavy atom. The minimum atomic E-state index is -0.256. The molecule has 1 nitrogen and oxygen atoms in total. The lowest BCUT2D eigenvalue weighted by Crippen LogP contribution is -2.02. The Bertz CT molecular complexity index is 446. The second-order valence-electron chi connectivity index (χ2n) is 3.64. The molecule has 0 aliphatic carbocycles. The summed E-state index contributed by atoms with van der Waals surface area (Å²) in [6.07, 6.45) is -0.256.